The molecule has 8 rings (SSSR count). The van der Waals surface area contributed by atoms with E-state index in [1.54, 1.807) is 0 Å². The standard InChI is InChI=1S/C38H29NS/c1-2-3-10-26-13-8-16-32-33-23-27(20-22-37(33)40-38(26)32)28-19-21-31-30-15-6-7-17-35(30)39(36(31)24-28)34-18-9-12-25-11-4-5-14-29(25)34/h4-9,11-24H,2-3,10H2,1H3. The Morgan fingerprint density at radius 2 is 1.30 bits per heavy atom. The molecule has 0 fully saturated rings. The fraction of sp³-hybridized carbons (Fsp3) is 0.105. The van der Waals surface area contributed by atoms with Gasteiger partial charge in [-0.2, -0.15) is 0 Å². The molecule has 0 unspecified atom stereocenters. The number of nitrogens with zero attached hydrogens (tertiary/aromatic N) is 1. The highest BCUT2D eigenvalue weighted by molar-refractivity contribution is 7.26. The van der Waals surface area contributed by atoms with E-state index in [1.807, 2.05) is 11.3 Å². The maximum absolute atomic E-state index is 2.45. The van der Waals surface area contributed by atoms with Crippen LogP contribution in [-0.2, 0) is 6.42 Å². The van der Waals surface area contributed by atoms with Gasteiger partial charge in [0.25, 0.3) is 0 Å². The third-order valence-corrected chi connectivity index (χ3v) is 9.65. The quantitative estimate of drug-likeness (QED) is 0.208. The highest BCUT2D eigenvalue weighted by Crippen LogP contribution is 2.40. The third kappa shape index (κ3) is 3.60. The van der Waals surface area contributed by atoms with Crippen LogP contribution in [0.1, 0.15) is 25.3 Å². The van der Waals surface area contributed by atoms with Gasteiger partial charge in [0.15, 0.2) is 0 Å². The molecule has 2 heteroatoms. The van der Waals surface area contributed by atoms with Crippen molar-refractivity contribution in [1.82, 2.24) is 4.57 Å². The first-order chi connectivity index (χ1) is 19.8. The van der Waals surface area contributed by atoms with Crippen LogP contribution in [0, 0.1) is 0 Å². The van der Waals surface area contributed by atoms with Crippen molar-refractivity contribution in [3.05, 3.63) is 127 Å². The average Bonchev–Trinajstić information content (AvgIpc) is 3.55. The molecular formula is C38H29NS. The average molecular weight is 532 g/mol. The second-order valence-corrected chi connectivity index (χ2v) is 11.8. The van der Waals surface area contributed by atoms with E-state index in [-0.39, 0.29) is 0 Å². The summed E-state index contributed by atoms with van der Waals surface area (Å²) in [6, 6.07) is 45.0. The number of fused-ring (bicyclic) bond motifs is 7. The van der Waals surface area contributed by atoms with Crippen molar-refractivity contribution in [3.63, 3.8) is 0 Å². The molecule has 0 aliphatic rings. The van der Waals surface area contributed by atoms with Crippen molar-refractivity contribution < 1.29 is 0 Å². The van der Waals surface area contributed by atoms with Gasteiger partial charge in [0.2, 0.25) is 0 Å². The van der Waals surface area contributed by atoms with E-state index in [2.05, 4.69) is 133 Å². The van der Waals surface area contributed by atoms with E-state index < -0.39 is 0 Å². The number of para-hydroxylation sites is 1. The Kier molecular flexibility index (Phi) is 5.50. The zero-order valence-electron chi connectivity index (χ0n) is 22.5. The number of thiophene rings is 1. The molecule has 0 saturated carbocycles. The SMILES string of the molecule is CCCCc1cccc2c1sc1ccc(-c3ccc4c5ccccc5n(-c5cccc6ccccc56)c4c3)cc12. The van der Waals surface area contributed by atoms with Crippen LogP contribution in [0.5, 0.6) is 0 Å². The number of hydrogen-bond donors (Lipinski definition) is 0. The first-order valence-electron chi connectivity index (χ1n) is 14.3. The van der Waals surface area contributed by atoms with Gasteiger partial charge in [0.1, 0.15) is 0 Å². The Morgan fingerprint density at radius 3 is 2.23 bits per heavy atom. The van der Waals surface area contributed by atoms with E-state index in [0.717, 1.165) is 6.42 Å². The van der Waals surface area contributed by atoms with Gasteiger partial charge in [-0.05, 0) is 65.3 Å². The van der Waals surface area contributed by atoms with Crippen molar-refractivity contribution in [2.75, 3.05) is 0 Å². The van der Waals surface area contributed by atoms with Crippen LogP contribution in [0.2, 0.25) is 0 Å². The summed E-state index contributed by atoms with van der Waals surface area (Å²) in [6.45, 7) is 2.27. The molecule has 0 bridgehead atoms. The van der Waals surface area contributed by atoms with Crippen LogP contribution >= 0.6 is 11.3 Å². The second-order valence-electron chi connectivity index (χ2n) is 10.8. The van der Waals surface area contributed by atoms with Gasteiger partial charge in [-0.3, -0.25) is 0 Å². The molecule has 0 aliphatic heterocycles. The molecule has 8 aromatic rings. The van der Waals surface area contributed by atoms with Gasteiger partial charge in [0, 0.05) is 36.3 Å². The highest BCUT2D eigenvalue weighted by Gasteiger charge is 2.16. The van der Waals surface area contributed by atoms with Crippen molar-refractivity contribution in [2.24, 2.45) is 0 Å². The fourth-order valence-electron chi connectivity index (χ4n) is 6.41. The Balaban J connectivity index is 1.36. The normalized spacial score (nSPS) is 11.9. The van der Waals surface area contributed by atoms with Crippen LogP contribution in [0.25, 0.3) is 69.6 Å². The summed E-state index contributed by atoms with van der Waals surface area (Å²) in [5.74, 6) is 0. The minimum absolute atomic E-state index is 1.16. The molecule has 6 aromatic carbocycles. The molecule has 2 aromatic heterocycles. The number of benzene rings is 6. The second kappa shape index (κ2) is 9.36. The van der Waals surface area contributed by atoms with E-state index in [1.165, 1.54) is 88.0 Å². The number of hydrogen-bond acceptors (Lipinski definition) is 1. The topological polar surface area (TPSA) is 4.93 Å². The summed E-state index contributed by atoms with van der Waals surface area (Å²) in [5.41, 5.74) is 7.71. The smallest absolute Gasteiger partial charge is 0.0547 e. The zero-order chi connectivity index (χ0) is 26.6. The van der Waals surface area contributed by atoms with Gasteiger partial charge in [-0.15, -0.1) is 11.3 Å². The van der Waals surface area contributed by atoms with Crippen LogP contribution in [-0.4, -0.2) is 4.57 Å². The van der Waals surface area contributed by atoms with E-state index in [0.29, 0.717) is 0 Å². The van der Waals surface area contributed by atoms with Gasteiger partial charge in [-0.25, -0.2) is 0 Å². The first kappa shape index (κ1) is 23.5. The summed E-state index contributed by atoms with van der Waals surface area (Å²) in [5, 5.41) is 7.86. The monoisotopic (exact) mass is 531 g/mol. The lowest BCUT2D eigenvalue weighted by atomic mass is 10.00. The Labute approximate surface area is 237 Å². The Morgan fingerprint density at radius 1 is 0.575 bits per heavy atom. The molecule has 1 nitrogen and oxygen atoms in total. The van der Waals surface area contributed by atoms with Crippen molar-refractivity contribution in [1.29, 1.82) is 0 Å². The summed E-state index contributed by atoms with van der Waals surface area (Å²) in [7, 11) is 0. The van der Waals surface area contributed by atoms with Crippen molar-refractivity contribution >= 4 is 64.1 Å². The van der Waals surface area contributed by atoms with E-state index in [9.17, 15) is 0 Å². The molecule has 0 amide bonds. The van der Waals surface area contributed by atoms with Gasteiger partial charge in [0.05, 0.1) is 16.7 Å². The summed E-state index contributed by atoms with van der Waals surface area (Å²) in [4.78, 5) is 0. The molecule has 40 heavy (non-hydrogen) atoms. The number of rotatable bonds is 5. The highest BCUT2D eigenvalue weighted by atomic mass is 32.1. The third-order valence-electron chi connectivity index (χ3n) is 8.39. The number of unbranched alkanes of at least 4 members (excludes halogenated alkanes) is 1. The molecule has 2 heterocycles. The Bertz CT molecular complexity index is 2210. The predicted octanol–water partition coefficient (Wildman–Crippen LogP) is 11.3. The minimum atomic E-state index is 1.16. The molecule has 0 spiro atoms. The lowest BCUT2D eigenvalue weighted by molar-refractivity contribution is 0.799. The molecule has 0 saturated heterocycles. The van der Waals surface area contributed by atoms with Crippen LogP contribution in [0.15, 0.2) is 121 Å². The molecular weight excluding hydrogens is 502 g/mol. The largest absolute Gasteiger partial charge is 0.309 e. The zero-order valence-corrected chi connectivity index (χ0v) is 23.3. The molecule has 0 atom stereocenters. The van der Waals surface area contributed by atoms with Gasteiger partial charge < -0.3 is 4.57 Å². The first-order valence-corrected chi connectivity index (χ1v) is 15.1. The Hall–Kier alpha value is -4.40. The van der Waals surface area contributed by atoms with Crippen LogP contribution in [0.3, 0.4) is 0 Å². The molecule has 0 radical (unpaired) electrons. The lowest BCUT2D eigenvalue weighted by Gasteiger charge is -2.12. The molecule has 192 valence electrons. The van der Waals surface area contributed by atoms with Crippen molar-refractivity contribution in [3.8, 4) is 16.8 Å². The summed E-state index contributed by atoms with van der Waals surface area (Å²) < 4.78 is 5.28. The maximum Gasteiger partial charge on any atom is 0.0547 e. The summed E-state index contributed by atoms with van der Waals surface area (Å²) in [6.07, 6.45) is 3.62. The number of aromatic nitrogens is 1. The van der Waals surface area contributed by atoms with E-state index in [4.69, 9.17) is 0 Å². The fourth-order valence-corrected chi connectivity index (χ4v) is 7.64. The lowest BCUT2D eigenvalue weighted by Crippen LogP contribution is -1.95. The van der Waals surface area contributed by atoms with E-state index >= 15 is 0 Å². The van der Waals surface area contributed by atoms with Gasteiger partial charge >= 0.3 is 0 Å². The molecule has 0 aliphatic carbocycles. The van der Waals surface area contributed by atoms with Crippen LogP contribution in [0.4, 0.5) is 0 Å². The predicted molar refractivity (Wildman–Crippen MR) is 175 cm³/mol. The number of aryl methyl sites for hydroxylation is 1. The minimum Gasteiger partial charge on any atom is -0.309 e. The molecule has 0 N–H and O–H groups in total. The van der Waals surface area contributed by atoms with Gasteiger partial charge in [-0.1, -0.05) is 104 Å². The maximum atomic E-state index is 2.45. The van der Waals surface area contributed by atoms with Crippen molar-refractivity contribution in [2.45, 2.75) is 26.2 Å². The summed E-state index contributed by atoms with van der Waals surface area (Å²) >= 11 is 1.94. The van der Waals surface area contributed by atoms with Crippen LogP contribution < -0.4 is 0 Å².